The van der Waals surface area contributed by atoms with Crippen molar-refractivity contribution in [2.45, 2.75) is 69.2 Å². The molecule has 3 amide bonds. The Morgan fingerprint density at radius 2 is 1.81 bits per heavy atom. The average Bonchev–Trinajstić information content (AvgIpc) is 3.16. The third kappa shape index (κ3) is 4.35. The van der Waals surface area contributed by atoms with Crippen LogP contribution in [0.3, 0.4) is 0 Å². The number of nitrogens with one attached hydrogen (secondary N) is 1. The minimum absolute atomic E-state index is 0.0761. The molecule has 1 saturated carbocycles. The molecule has 0 bridgehead atoms. The van der Waals surface area contributed by atoms with Gasteiger partial charge >= 0.3 is 0 Å². The van der Waals surface area contributed by atoms with Crippen LogP contribution in [0.2, 0.25) is 5.02 Å². The molecular formula is C26H28ClN5O4. The topological polar surface area (TPSA) is 105 Å². The number of benzene rings is 1. The molecule has 10 heteroatoms. The van der Waals surface area contributed by atoms with E-state index in [1.165, 1.54) is 6.42 Å². The van der Waals surface area contributed by atoms with Gasteiger partial charge in [0.1, 0.15) is 23.7 Å². The van der Waals surface area contributed by atoms with Crippen molar-refractivity contribution < 1.29 is 19.1 Å². The number of carbonyl (C=O) groups excluding carboxylic acids is 3. The maximum absolute atomic E-state index is 13.0. The molecule has 6 rings (SSSR count). The number of likely N-dealkylation sites (tertiary alicyclic amines) is 1. The summed E-state index contributed by atoms with van der Waals surface area (Å²) in [5.41, 5.74) is 1.46. The zero-order valence-corrected chi connectivity index (χ0v) is 20.6. The Bertz CT molecular complexity index is 1200. The number of hydrogen-bond acceptors (Lipinski definition) is 7. The highest BCUT2D eigenvalue weighted by Gasteiger charge is 2.41. The van der Waals surface area contributed by atoms with Gasteiger partial charge in [0.15, 0.2) is 0 Å². The number of hydrogen-bond donors (Lipinski definition) is 1. The second-order valence-corrected chi connectivity index (χ2v) is 10.6. The quantitative estimate of drug-likeness (QED) is 0.618. The second kappa shape index (κ2) is 9.44. The van der Waals surface area contributed by atoms with E-state index in [4.69, 9.17) is 16.3 Å². The Hall–Kier alpha value is -3.04. The van der Waals surface area contributed by atoms with Crippen molar-refractivity contribution in [2.24, 2.45) is 0 Å². The fourth-order valence-corrected chi connectivity index (χ4v) is 6.01. The van der Waals surface area contributed by atoms with Crippen molar-refractivity contribution >= 4 is 29.3 Å². The van der Waals surface area contributed by atoms with Gasteiger partial charge in [-0.1, -0.05) is 18.0 Å². The van der Waals surface area contributed by atoms with Crippen LogP contribution in [0.4, 0.5) is 0 Å². The molecule has 3 fully saturated rings. The van der Waals surface area contributed by atoms with Crippen molar-refractivity contribution in [1.29, 1.82) is 0 Å². The minimum atomic E-state index is -0.612. The molecule has 0 spiro atoms. The predicted molar refractivity (Wildman–Crippen MR) is 131 cm³/mol. The Kier molecular flexibility index (Phi) is 6.13. The molecule has 4 heterocycles. The first-order chi connectivity index (χ1) is 17.5. The molecule has 0 unspecified atom stereocenters. The van der Waals surface area contributed by atoms with E-state index in [0.29, 0.717) is 35.5 Å². The summed E-state index contributed by atoms with van der Waals surface area (Å²) in [7, 11) is 0. The molecule has 1 aromatic carbocycles. The highest BCUT2D eigenvalue weighted by molar-refractivity contribution is 6.30. The van der Waals surface area contributed by atoms with E-state index in [1.54, 1.807) is 23.4 Å². The lowest BCUT2D eigenvalue weighted by atomic mass is 9.86. The zero-order chi connectivity index (χ0) is 24.8. The van der Waals surface area contributed by atoms with Gasteiger partial charge in [-0.2, -0.15) is 0 Å². The Balaban J connectivity index is 1.11. The normalized spacial score (nSPS) is 27.0. The van der Waals surface area contributed by atoms with Gasteiger partial charge in [0.25, 0.3) is 5.91 Å². The first kappa shape index (κ1) is 23.4. The summed E-state index contributed by atoms with van der Waals surface area (Å²) in [6.07, 6.45) is 8.37. The molecule has 1 aromatic heterocycles. The number of fused-ring (bicyclic) bond motifs is 1. The number of amides is 3. The molecule has 9 nitrogen and oxygen atoms in total. The summed E-state index contributed by atoms with van der Waals surface area (Å²) in [6.45, 7) is 2.16. The molecule has 0 radical (unpaired) electrons. The van der Waals surface area contributed by atoms with Gasteiger partial charge in [0, 0.05) is 56.0 Å². The van der Waals surface area contributed by atoms with Gasteiger partial charge in [-0.25, -0.2) is 9.97 Å². The minimum Gasteiger partial charge on any atom is -0.489 e. The summed E-state index contributed by atoms with van der Waals surface area (Å²) in [5, 5.41) is 2.89. The average molecular weight is 510 g/mol. The van der Waals surface area contributed by atoms with Gasteiger partial charge in [-0.15, -0.1) is 0 Å². The van der Waals surface area contributed by atoms with Crippen LogP contribution in [0.1, 0.15) is 66.2 Å². The highest BCUT2D eigenvalue weighted by Crippen LogP contribution is 2.36. The summed E-state index contributed by atoms with van der Waals surface area (Å²) in [5.74, 6) is 1.05. The molecule has 4 aliphatic rings. The first-order valence-corrected chi connectivity index (χ1v) is 13.0. The number of rotatable bonds is 5. The maximum Gasteiger partial charge on any atom is 0.255 e. The van der Waals surface area contributed by atoms with E-state index < -0.39 is 11.9 Å². The second-order valence-electron chi connectivity index (χ2n) is 10.1. The summed E-state index contributed by atoms with van der Waals surface area (Å²) < 4.78 is 6.51. The number of nitrogens with zero attached hydrogens (tertiary/aromatic N) is 4. The monoisotopic (exact) mass is 509 g/mol. The standard InChI is InChI=1S/C26H28ClN5O4/c27-17-10-28-24(29-11-17)16-12-31(13-16)20-3-1-2-4-22(20)36-18-5-6-19-15(9-18)14-32(26(19)35)21-7-8-23(33)30-25(21)34/h5-6,9-11,16,20-22H,1-4,7-8,12-14H2,(H,30,33,34)/t20-,21+,22-/m0/s1. The number of halogens is 1. The Morgan fingerprint density at radius 1 is 1.03 bits per heavy atom. The van der Waals surface area contributed by atoms with Gasteiger partial charge in [-0.05, 0) is 49.4 Å². The van der Waals surface area contributed by atoms with E-state index in [9.17, 15) is 14.4 Å². The SMILES string of the molecule is O=C1CC[C@@H](N2Cc3cc(O[C@H]4CCCC[C@@H]4N4CC(c5ncc(Cl)cn5)C4)ccc3C2=O)C(=O)N1. The van der Waals surface area contributed by atoms with Crippen molar-refractivity contribution in [3.8, 4) is 5.75 Å². The van der Waals surface area contributed by atoms with Crippen LogP contribution in [0.15, 0.2) is 30.6 Å². The van der Waals surface area contributed by atoms with Crippen LogP contribution in [0.5, 0.6) is 5.75 Å². The van der Waals surface area contributed by atoms with E-state index in [0.717, 1.165) is 49.5 Å². The number of ether oxygens (including phenoxy) is 1. The lowest BCUT2D eigenvalue weighted by molar-refractivity contribution is -0.136. The maximum atomic E-state index is 13.0. The first-order valence-electron chi connectivity index (χ1n) is 12.6. The van der Waals surface area contributed by atoms with E-state index in [1.807, 2.05) is 12.1 Å². The summed E-state index contributed by atoms with van der Waals surface area (Å²) in [4.78, 5) is 49.6. The molecular weight excluding hydrogens is 482 g/mol. The molecule has 188 valence electrons. The predicted octanol–water partition coefficient (Wildman–Crippen LogP) is 2.68. The van der Waals surface area contributed by atoms with Crippen LogP contribution in [0, 0.1) is 0 Å². The van der Waals surface area contributed by atoms with Crippen molar-refractivity contribution in [1.82, 2.24) is 25.1 Å². The third-order valence-electron chi connectivity index (χ3n) is 7.83. The fraction of sp³-hybridized carbons (Fsp3) is 0.500. The number of imide groups is 1. The molecule has 36 heavy (non-hydrogen) atoms. The van der Waals surface area contributed by atoms with Crippen molar-refractivity contribution in [3.05, 3.63) is 52.6 Å². The third-order valence-corrected chi connectivity index (χ3v) is 8.03. The Labute approximate surface area is 214 Å². The smallest absolute Gasteiger partial charge is 0.255 e. The van der Waals surface area contributed by atoms with Crippen molar-refractivity contribution in [3.63, 3.8) is 0 Å². The van der Waals surface area contributed by atoms with Crippen LogP contribution in [-0.2, 0) is 16.1 Å². The van der Waals surface area contributed by atoms with Crippen LogP contribution in [0.25, 0.3) is 0 Å². The van der Waals surface area contributed by atoms with Crippen LogP contribution < -0.4 is 10.1 Å². The van der Waals surface area contributed by atoms with Crippen molar-refractivity contribution in [2.75, 3.05) is 13.1 Å². The number of carbonyl (C=O) groups is 3. The van der Waals surface area contributed by atoms with Crippen LogP contribution in [-0.4, -0.2) is 68.8 Å². The number of aromatic nitrogens is 2. The lowest BCUT2D eigenvalue weighted by Gasteiger charge is -2.47. The van der Waals surface area contributed by atoms with Gasteiger partial charge in [0.05, 0.1) is 5.02 Å². The summed E-state index contributed by atoms with van der Waals surface area (Å²) in [6, 6.07) is 5.31. The lowest BCUT2D eigenvalue weighted by Crippen LogP contribution is -2.57. The van der Waals surface area contributed by atoms with Gasteiger partial charge in [-0.3, -0.25) is 24.6 Å². The zero-order valence-electron chi connectivity index (χ0n) is 19.9. The molecule has 2 saturated heterocycles. The van der Waals surface area contributed by atoms with E-state index in [-0.39, 0.29) is 24.3 Å². The Morgan fingerprint density at radius 3 is 2.58 bits per heavy atom. The molecule has 3 atom stereocenters. The van der Waals surface area contributed by atoms with Gasteiger partial charge in [0.2, 0.25) is 11.8 Å². The molecule has 3 aliphatic heterocycles. The fourth-order valence-electron chi connectivity index (χ4n) is 5.91. The number of piperidine rings is 1. The largest absolute Gasteiger partial charge is 0.489 e. The van der Waals surface area contributed by atoms with E-state index in [2.05, 4.69) is 20.2 Å². The molecule has 1 aliphatic carbocycles. The van der Waals surface area contributed by atoms with Gasteiger partial charge < -0.3 is 9.64 Å². The molecule has 2 aromatic rings. The summed E-state index contributed by atoms with van der Waals surface area (Å²) >= 11 is 5.92. The highest BCUT2D eigenvalue weighted by atomic mass is 35.5. The van der Waals surface area contributed by atoms with E-state index >= 15 is 0 Å². The molecule has 1 N–H and O–H groups in total. The van der Waals surface area contributed by atoms with Crippen LogP contribution >= 0.6 is 11.6 Å².